The Bertz CT molecular complexity index is 1010. The van der Waals surface area contributed by atoms with Crippen molar-refractivity contribution >= 4 is 17.5 Å². The largest absolute Gasteiger partial charge is 0.454 e. The van der Waals surface area contributed by atoms with Crippen LogP contribution in [0.4, 0.5) is 4.39 Å². The number of nitrogens with two attached hydrogens (primary N) is 1. The van der Waals surface area contributed by atoms with Crippen molar-refractivity contribution in [1.29, 1.82) is 0 Å². The third-order valence-electron chi connectivity index (χ3n) is 3.93. The molecule has 0 spiro atoms. The number of hydrogen-bond donors (Lipinski definition) is 3. The second-order valence-corrected chi connectivity index (χ2v) is 6.37. The van der Waals surface area contributed by atoms with E-state index in [9.17, 15) is 14.3 Å². The third-order valence-corrected chi connectivity index (χ3v) is 4.16. The zero-order valence-corrected chi connectivity index (χ0v) is 15.2. The smallest absolute Gasteiger partial charge is 0.267 e. The van der Waals surface area contributed by atoms with Gasteiger partial charge in [0, 0.05) is 16.7 Å². The molecule has 1 atom stereocenters. The van der Waals surface area contributed by atoms with E-state index >= 15 is 0 Å². The molecule has 0 bridgehead atoms. The maximum atomic E-state index is 13.8. The van der Waals surface area contributed by atoms with Crippen LogP contribution >= 0.6 is 11.6 Å². The van der Waals surface area contributed by atoms with Crippen molar-refractivity contribution in [1.82, 2.24) is 4.98 Å². The summed E-state index contributed by atoms with van der Waals surface area (Å²) >= 11 is 5.85. The third kappa shape index (κ3) is 4.45. The van der Waals surface area contributed by atoms with Gasteiger partial charge in [0.15, 0.2) is 11.6 Å². The lowest BCUT2D eigenvalue weighted by Gasteiger charge is -2.12. The van der Waals surface area contributed by atoms with Crippen LogP contribution in [0.25, 0.3) is 11.3 Å². The molecule has 0 radical (unpaired) electrons. The predicted molar refractivity (Wildman–Crippen MR) is 102 cm³/mol. The molecule has 6 nitrogen and oxygen atoms in total. The van der Waals surface area contributed by atoms with Crippen LogP contribution in [0.2, 0.25) is 5.02 Å². The number of nitrogens with zero attached hydrogens (tertiary/aromatic N) is 1. The lowest BCUT2D eigenvalue weighted by Crippen LogP contribution is -2.15. The summed E-state index contributed by atoms with van der Waals surface area (Å²) in [4.78, 5) is 15.7. The molecule has 0 saturated heterocycles. The fourth-order valence-electron chi connectivity index (χ4n) is 2.50. The second-order valence-electron chi connectivity index (χ2n) is 5.93. The van der Waals surface area contributed by atoms with E-state index in [1.54, 1.807) is 30.3 Å². The highest BCUT2D eigenvalue weighted by Crippen LogP contribution is 2.29. The van der Waals surface area contributed by atoms with E-state index < -0.39 is 24.4 Å². The van der Waals surface area contributed by atoms with Crippen LogP contribution in [-0.4, -0.2) is 27.7 Å². The molecule has 2 aromatic carbocycles. The van der Waals surface area contributed by atoms with E-state index in [1.165, 1.54) is 24.3 Å². The molecular weight excluding hydrogens is 387 g/mol. The summed E-state index contributed by atoms with van der Waals surface area (Å²) in [6, 6.07) is 13.4. The van der Waals surface area contributed by atoms with Crippen LogP contribution in [0.5, 0.6) is 11.5 Å². The molecule has 0 aliphatic rings. The fourth-order valence-corrected chi connectivity index (χ4v) is 2.66. The number of primary amides is 1. The molecule has 1 aromatic heterocycles. The lowest BCUT2D eigenvalue weighted by atomic mass is 10.0. The first-order valence-electron chi connectivity index (χ1n) is 8.21. The Hall–Kier alpha value is -3.00. The minimum absolute atomic E-state index is 0.0116. The summed E-state index contributed by atoms with van der Waals surface area (Å²) in [5.74, 6) is -0.953. The number of carbonyl (C=O) groups excluding carboxylic acids is 1. The maximum absolute atomic E-state index is 13.8. The van der Waals surface area contributed by atoms with Gasteiger partial charge in [-0.25, -0.2) is 9.37 Å². The Balaban J connectivity index is 1.91. The number of aromatic nitrogens is 1. The molecule has 0 unspecified atom stereocenters. The topological polar surface area (TPSA) is 106 Å². The summed E-state index contributed by atoms with van der Waals surface area (Å²) in [5, 5.41) is 19.4. The Kier molecular flexibility index (Phi) is 5.89. The molecular formula is C20H16ClFN2O4. The standard InChI is InChI=1S/C20H16ClFN2O4/c21-13-3-6-15(22)19(9-13)28-14-4-1-11(2-5-14)16-7-12(18(26)10-25)8-17(24-16)20(23)27/h1-9,18,25-26H,10H2,(H2,23,27)/t18-/m1/s1. The van der Waals surface area contributed by atoms with Gasteiger partial charge in [-0.3, -0.25) is 4.79 Å². The van der Waals surface area contributed by atoms with E-state index in [1.807, 2.05) is 0 Å². The van der Waals surface area contributed by atoms with Gasteiger partial charge in [0.05, 0.1) is 12.3 Å². The molecule has 28 heavy (non-hydrogen) atoms. The number of halogens is 2. The van der Waals surface area contributed by atoms with Crippen molar-refractivity contribution < 1.29 is 24.1 Å². The zero-order valence-electron chi connectivity index (χ0n) is 14.5. The fraction of sp³-hybridized carbons (Fsp3) is 0.100. The summed E-state index contributed by atoms with van der Waals surface area (Å²) in [7, 11) is 0. The molecule has 0 saturated carbocycles. The second kappa shape index (κ2) is 8.35. The molecule has 0 aliphatic heterocycles. The van der Waals surface area contributed by atoms with Gasteiger partial charge in [0.25, 0.3) is 5.91 Å². The summed E-state index contributed by atoms with van der Waals surface area (Å²) in [6.45, 7) is -0.514. The van der Waals surface area contributed by atoms with Gasteiger partial charge >= 0.3 is 0 Å². The van der Waals surface area contributed by atoms with Crippen LogP contribution in [0.1, 0.15) is 22.2 Å². The SMILES string of the molecule is NC(=O)c1cc([C@H](O)CO)cc(-c2ccc(Oc3cc(Cl)ccc3F)cc2)n1. The van der Waals surface area contributed by atoms with Gasteiger partial charge in [0.1, 0.15) is 17.5 Å². The Labute approximate surface area is 165 Å². The molecule has 3 aromatic rings. The molecule has 144 valence electrons. The highest BCUT2D eigenvalue weighted by molar-refractivity contribution is 6.30. The highest BCUT2D eigenvalue weighted by atomic mass is 35.5. The number of amides is 1. The summed E-state index contributed by atoms with van der Waals surface area (Å²) in [6.07, 6.45) is -1.17. The van der Waals surface area contributed by atoms with Crippen LogP contribution in [0.15, 0.2) is 54.6 Å². The van der Waals surface area contributed by atoms with Crippen molar-refractivity contribution in [3.8, 4) is 22.8 Å². The maximum Gasteiger partial charge on any atom is 0.267 e. The van der Waals surface area contributed by atoms with Gasteiger partial charge in [0.2, 0.25) is 0 Å². The molecule has 1 heterocycles. The van der Waals surface area contributed by atoms with Crippen molar-refractivity contribution in [3.05, 3.63) is 76.7 Å². The first-order valence-corrected chi connectivity index (χ1v) is 8.59. The molecule has 0 fully saturated rings. The monoisotopic (exact) mass is 402 g/mol. The van der Waals surface area contributed by atoms with E-state index in [0.717, 1.165) is 0 Å². The Morgan fingerprint density at radius 3 is 2.54 bits per heavy atom. The molecule has 0 aliphatic carbocycles. The van der Waals surface area contributed by atoms with Gasteiger partial charge in [-0.1, -0.05) is 11.6 Å². The first kappa shape index (κ1) is 19.8. The van der Waals surface area contributed by atoms with Crippen LogP contribution in [-0.2, 0) is 0 Å². The minimum atomic E-state index is -1.17. The summed E-state index contributed by atoms with van der Waals surface area (Å²) < 4.78 is 19.3. The van der Waals surface area contributed by atoms with Gasteiger partial charge in [-0.15, -0.1) is 0 Å². The number of carbonyl (C=O) groups is 1. The Morgan fingerprint density at radius 1 is 1.18 bits per heavy atom. The average molecular weight is 403 g/mol. The number of aliphatic hydroxyl groups is 2. The van der Waals surface area contributed by atoms with E-state index in [-0.39, 0.29) is 11.4 Å². The van der Waals surface area contributed by atoms with Crippen molar-refractivity contribution in [2.24, 2.45) is 5.73 Å². The predicted octanol–water partition coefficient (Wildman–Crippen LogP) is 3.46. The number of pyridine rings is 1. The number of benzene rings is 2. The molecule has 8 heteroatoms. The molecule has 1 amide bonds. The van der Waals surface area contributed by atoms with Crippen molar-refractivity contribution in [2.75, 3.05) is 6.61 Å². The van der Waals surface area contributed by atoms with Crippen LogP contribution < -0.4 is 10.5 Å². The van der Waals surface area contributed by atoms with Gasteiger partial charge in [-0.2, -0.15) is 0 Å². The van der Waals surface area contributed by atoms with Crippen molar-refractivity contribution in [3.63, 3.8) is 0 Å². The van der Waals surface area contributed by atoms with E-state index in [4.69, 9.17) is 27.2 Å². The summed E-state index contributed by atoms with van der Waals surface area (Å²) in [5.41, 5.74) is 6.54. The average Bonchev–Trinajstić information content (AvgIpc) is 2.70. The van der Waals surface area contributed by atoms with Crippen LogP contribution in [0, 0.1) is 5.82 Å². The van der Waals surface area contributed by atoms with Crippen LogP contribution in [0.3, 0.4) is 0 Å². The number of aliphatic hydroxyl groups excluding tert-OH is 2. The van der Waals surface area contributed by atoms with Gasteiger partial charge in [-0.05, 0) is 54.1 Å². The highest BCUT2D eigenvalue weighted by Gasteiger charge is 2.14. The lowest BCUT2D eigenvalue weighted by molar-refractivity contribution is 0.0948. The molecule has 4 N–H and O–H groups in total. The molecule has 3 rings (SSSR count). The minimum Gasteiger partial charge on any atom is -0.454 e. The number of rotatable bonds is 6. The normalized spacial score (nSPS) is 11.9. The first-order chi connectivity index (χ1) is 13.4. The number of hydrogen-bond acceptors (Lipinski definition) is 5. The van der Waals surface area contributed by atoms with Gasteiger partial charge < -0.3 is 20.7 Å². The zero-order chi connectivity index (χ0) is 20.3. The number of ether oxygens (including phenoxy) is 1. The van der Waals surface area contributed by atoms with E-state index in [2.05, 4.69) is 4.98 Å². The quantitative estimate of drug-likeness (QED) is 0.585. The van der Waals surface area contributed by atoms with E-state index in [0.29, 0.717) is 27.6 Å². The Morgan fingerprint density at radius 2 is 1.89 bits per heavy atom. The van der Waals surface area contributed by atoms with Crippen molar-refractivity contribution in [2.45, 2.75) is 6.10 Å².